The number of imidazole rings is 1. The van der Waals surface area contributed by atoms with Crippen molar-refractivity contribution in [2.45, 2.75) is 5.72 Å². The number of benzene rings is 3. The minimum Gasteiger partial charge on any atom is -0.453 e. The van der Waals surface area contributed by atoms with Gasteiger partial charge in [0.25, 0.3) is 5.91 Å². The lowest BCUT2D eigenvalue weighted by molar-refractivity contribution is 0.0699. The zero-order chi connectivity index (χ0) is 24.2. The Balaban J connectivity index is 0.00000289. The van der Waals surface area contributed by atoms with E-state index in [-0.39, 0.29) is 35.0 Å². The average molecular weight is 521 g/mol. The van der Waals surface area contributed by atoms with Crippen molar-refractivity contribution in [3.8, 4) is 0 Å². The van der Waals surface area contributed by atoms with E-state index in [0.717, 1.165) is 11.0 Å². The van der Waals surface area contributed by atoms with Gasteiger partial charge in [-0.1, -0.05) is 35.9 Å². The number of hydrogen-bond donors (Lipinski definition) is 3. The lowest BCUT2D eigenvalue weighted by Gasteiger charge is -2.35. The van der Waals surface area contributed by atoms with Crippen LogP contribution in [0.5, 0.6) is 0 Å². The Labute approximate surface area is 207 Å². The fraction of sp³-hybridized carbons (Fsp3) is 0.0870. The molecule has 35 heavy (non-hydrogen) atoms. The summed E-state index contributed by atoms with van der Waals surface area (Å²) in [5.74, 6) is -2.67. The molecule has 0 saturated heterocycles. The number of aliphatic hydroxyl groups is 1. The molecule has 1 atom stereocenters. The van der Waals surface area contributed by atoms with Crippen LogP contribution in [0.15, 0.2) is 54.6 Å². The third-order valence-corrected chi connectivity index (χ3v) is 5.87. The number of carbonyl (C=O) groups is 2. The summed E-state index contributed by atoms with van der Waals surface area (Å²) in [5, 5.41) is 14.0. The predicted octanol–water partition coefficient (Wildman–Crippen LogP) is 4.95. The number of nitrogens with zero attached hydrogens (tertiary/aromatic N) is 2. The minimum atomic E-state index is -2.16. The van der Waals surface area contributed by atoms with Gasteiger partial charge in [0.05, 0.1) is 28.9 Å². The molecule has 12 heteroatoms. The lowest BCUT2D eigenvalue weighted by Crippen LogP contribution is -2.45. The Kier molecular flexibility index (Phi) is 6.14. The summed E-state index contributed by atoms with van der Waals surface area (Å²) in [5.41, 5.74) is -1.18. The molecular weight excluding hydrogens is 505 g/mol. The molecule has 1 unspecified atom stereocenters. The Morgan fingerprint density at radius 2 is 1.91 bits per heavy atom. The lowest BCUT2D eigenvalue weighted by atomic mass is 9.93. The molecule has 180 valence electrons. The van der Waals surface area contributed by atoms with Crippen LogP contribution < -0.4 is 10.2 Å². The van der Waals surface area contributed by atoms with E-state index in [1.807, 2.05) is 0 Å². The van der Waals surface area contributed by atoms with E-state index in [0.29, 0.717) is 17.1 Å². The summed E-state index contributed by atoms with van der Waals surface area (Å²) < 4.78 is 33.3. The molecule has 0 aliphatic carbocycles. The first kappa shape index (κ1) is 24.4. The van der Waals surface area contributed by atoms with Crippen LogP contribution in [-0.2, 0) is 10.5 Å². The number of hydrogen-bond acceptors (Lipinski definition) is 5. The number of methoxy groups -OCH3 is 1. The zero-order valence-electron chi connectivity index (χ0n) is 17.8. The first-order chi connectivity index (χ1) is 16.2. The van der Waals surface area contributed by atoms with E-state index < -0.39 is 40.1 Å². The van der Waals surface area contributed by atoms with Crippen molar-refractivity contribution in [2.24, 2.45) is 0 Å². The molecular formula is C23H16Cl2F2N4O4. The second-order valence-corrected chi connectivity index (χ2v) is 7.92. The van der Waals surface area contributed by atoms with Gasteiger partial charge in [0.15, 0.2) is 5.72 Å². The molecule has 0 fully saturated rings. The standard InChI is InChI=1S/C23H15ClF2N4O4.ClH/c1-34-22(32)29-21-27-17-7-6-11(8-18(17)28-21)23(33)13-5-3-2-4-12(13)20(31)30(23)19-9-14(24)15(25)10-16(19)26;/h2-10,33H,1H3,(H2,27,28,29,32);1H. The molecule has 2 amide bonds. The van der Waals surface area contributed by atoms with Crippen LogP contribution in [0, 0.1) is 11.6 Å². The van der Waals surface area contributed by atoms with Crippen LogP contribution in [0.2, 0.25) is 5.02 Å². The topological polar surface area (TPSA) is 108 Å². The molecule has 4 aromatic rings. The summed E-state index contributed by atoms with van der Waals surface area (Å²) in [4.78, 5) is 32.8. The Morgan fingerprint density at radius 1 is 1.17 bits per heavy atom. The highest BCUT2D eigenvalue weighted by Crippen LogP contribution is 2.46. The van der Waals surface area contributed by atoms with Crippen molar-refractivity contribution in [2.75, 3.05) is 17.3 Å². The maximum absolute atomic E-state index is 14.9. The molecule has 0 radical (unpaired) electrons. The van der Waals surface area contributed by atoms with Crippen LogP contribution in [0.1, 0.15) is 21.5 Å². The highest BCUT2D eigenvalue weighted by atomic mass is 35.5. The average Bonchev–Trinajstić information content (AvgIpc) is 3.32. The first-order valence-electron chi connectivity index (χ1n) is 9.90. The molecule has 0 spiro atoms. The number of amides is 2. The number of aromatic nitrogens is 2. The van der Waals surface area contributed by atoms with Gasteiger partial charge in [-0.3, -0.25) is 15.0 Å². The van der Waals surface area contributed by atoms with Crippen molar-refractivity contribution in [1.29, 1.82) is 0 Å². The Morgan fingerprint density at radius 3 is 2.66 bits per heavy atom. The van der Waals surface area contributed by atoms with Gasteiger partial charge >= 0.3 is 6.09 Å². The molecule has 0 saturated carbocycles. The first-order valence-corrected chi connectivity index (χ1v) is 10.3. The van der Waals surface area contributed by atoms with E-state index >= 15 is 0 Å². The third kappa shape index (κ3) is 3.75. The Bertz CT molecular complexity index is 1500. The number of H-pyrrole nitrogens is 1. The van der Waals surface area contributed by atoms with Gasteiger partial charge in [0.1, 0.15) is 11.6 Å². The maximum Gasteiger partial charge on any atom is 0.413 e. The van der Waals surface area contributed by atoms with Gasteiger partial charge < -0.3 is 14.8 Å². The van der Waals surface area contributed by atoms with Crippen LogP contribution in [0.25, 0.3) is 11.0 Å². The van der Waals surface area contributed by atoms with Crippen molar-refractivity contribution >= 4 is 58.7 Å². The van der Waals surface area contributed by atoms with Crippen LogP contribution in [0.3, 0.4) is 0 Å². The molecule has 1 aliphatic heterocycles. The molecule has 3 N–H and O–H groups in total. The van der Waals surface area contributed by atoms with Gasteiger partial charge in [0, 0.05) is 22.8 Å². The number of carbonyl (C=O) groups excluding carboxylic acids is 2. The summed E-state index contributed by atoms with van der Waals surface area (Å²) in [7, 11) is 1.20. The van der Waals surface area contributed by atoms with E-state index in [1.165, 1.54) is 31.4 Å². The number of nitrogens with one attached hydrogen (secondary N) is 2. The Hall–Kier alpha value is -3.73. The fourth-order valence-corrected chi connectivity index (χ4v) is 4.20. The number of ether oxygens (including phenoxy) is 1. The second kappa shape index (κ2) is 8.81. The quantitative estimate of drug-likeness (QED) is 0.331. The van der Waals surface area contributed by atoms with Crippen LogP contribution >= 0.6 is 24.0 Å². The molecule has 1 aliphatic rings. The second-order valence-electron chi connectivity index (χ2n) is 7.51. The molecule has 0 bridgehead atoms. The SMILES string of the molecule is COC(=O)Nc1nc2ccc(C3(O)c4ccccc4C(=O)N3c3cc(Cl)c(F)cc3F)cc2[nH]1.Cl. The third-order valence-electron chi connectivity index (χ3n) is 5.58. The highest BCUT2D eigenvalue weighted by Gasteiger charge is 2.51. The van der Waals surface area contributed by atoms with E-state index in [9.17, 15) is 23.5 Å². The van der Waals surface area contributed by atoms with Gasteiger partial charge in [-0.05, 0) is 24.3 Å². The largest absolute Gasteiger partial charge is 0.453 e. The van der Waals surface area contributed by atoms with E-state index in [2.05, 4.69) is 20.0 Å². The summed E-state index contributed by atoms with van der Waals surface area (Å²) >= 11 is 5.88. The fourth-order valence-electron chi connectivity index (χ4n) is 4.05. The van der Waals surface area contributed by atoms with Crippen LogP contribution in [0.4, 0.5) is 25.2 Å². The molecule has 5 rings (SSSR count). The summed E-state index contributed by atoms with van der Waals surface area (Å²) in [6.45, 7) is 0. The van der Waals surface area contributed by atoms with E-state index in [4.69, 9.17) is 11.6 Å². The molecule has 8 nitrogen and oxygen atoms in total. The van der Waals surface area contributed by atoms with Gasteiger partial charge in [-0.15, -0.1) is 12.4 Å². The van der Waals surface area contributed by atoms with Crippen molar-refractivity contribution in [1.82, 2.24) is 9.97 Å². The van der Waals surface area contributed by atoms with E-state index in [1.54, 1.807) is 18.2 Å². The predicted molar refractivity (Wildman–Crippen MR) is 127 cm³/mol. The van der Waals surface area contributed by atoms with Crippen molar-refractivity contribution in [3.05, 3.63) is 87.9 Å². The normalized spacial score (nSPS) is 16.7. The summed E-state index contributed by atoms with van der Waals surface area (Å²) in [6, 6.07) is 12.4. The van der Waals surface area contributed by atoms with Gasteiger partial charge in [-0.25, -0.2) is 18.6 Å². The number of anilines is 2. The van der Waals surface area contributed by atoms with Crippen molar-refractivity contribution in [3.63, 3.8) is 0 Å². The smallest absolute Gasteiger partial charge is 0.413 e. The van der Waals surface area contributed by atoms with Gasteiger partial charge in [-0.2, -0.15) is 0 Å². The number of fused-ring (bicyclic) bond motifs is 2. The highest BCUT2D eigenvalue weighted by molar-refractivity contribution is 6.31. The molecule has 2 heterocycles. The molecule has 1 aromatic heterocycles. The van der Waals surface area contributed by atoms with Crippen molar-refractivity contribution < 1.29 is 28.2 Å². The molecule has 3 aromatic carbocycles. The number of rotatable bonds is 3. The summed E-state index contributed by atoms with van der Waals surface area (Å²) in [6.07, 6.45) is -0.733. The van der Waals surface area contributed by atoms with Gasteiger partial charge in [0.2, 0.25) is 5.95 Å². The number of aromatic amines is 1. The van der Waals surface area contributed by atoms with Crippen LogP contribution in [-0.4, -0.2) is 34.2 Å². The monoisotopic (exact) mass is 520 g/mol. The maximum atomic E-state index is 14.9. The zero-order valence-corrected chi connectivity index (χ0v) is 19.4. The minimum absolute atomic E-state index is 0. The number of halogens is 4.